The molecule has 19 heavy (non-hydrogen) atoms. The topological polar surface area (TPSA) is 39.1 Å². The van der Waals surface area contributed by atoms with Crippen molar-refractivity contribution in [2.75, 3.05) is 6.61 Å². The summed E-state index contributed by atoms with van der Waals surface area (Å²) in [5.74, 6) is 0. The third kappa shape index (κ3) is 2.70. The molecule has 1 aromatic rings. The monoisotopic (exact) mass is 263 g/mol. The van der Waals surface area contributed by atoms with Gasteiger partial charge in [-0.1, -0.05) is 0 Å². The van der Waals surface area contributed by atoms with Gasteiger partial charge in [0.1, 0.15) is 0 Å². The minimum absolute atomic E-state index is 0.356. The Morgan fingerprint density at radius 1 is 1.37 bits per heavy atom. The number of imidazole rings is 1. The van der Waals surface area contributed by atoms with Crippen molar-refractivity contribution in [2.45, 2.75) is 70.2 Å². The smallest absolute Gasteiger partial charge is 0.0952 e. The van der Waals surface area contributed by atoms with Crippen molar-refractivity contribution >= 4 is 0 Å². The molecule has 4 nitrogen and oxygen atoms in total. The zero-order chi connectivity index (χ0) is 13.2. The second-order valence-electron chi connectivity index (χ2n) is 6.07. The summed E-state index contributed by atoms with van der Waals surface area (Å²) >= 11 is 0. The van der Waals surface area contributed by atoms with Gasteiger partial charge in [0.15, 0.2) is 0 Å². The van der Waals surface area contributed by atoms with Gasteiger partial charge in [0.2, 0.25) is 0 Å². The van der Waals surface area contributed by atoms with Crippen LogP contribution in [0.3, 0.4) is 0 Å². The van der Waals surface area contributed by atoms with Gasteiger partial charge in [0.25, 0.3) is 0 Å². The Labute approximate surface area is 115 Å². The predicted molar refractivity (Wildman–Crippen MR) is 75.1 cm³/mol. The SMILES string of the molecule is CC1CCCC(c2cncn2C(C)C2CCCO2)N1. The Hall–Kier alpha value is -0.870. The molecule has 1 N–H and O–H groups in total. The zero-order valence-electron chi connectivity index (χ0n) is 12.0. The highest BCUT2D eigenvalue weighted by Gasteiger charge is 2.28. The standard InChI is InChI=1S/C15H25N3O/c1-11-5-3-6-13(17-11)14-9-16-10-18(14)12(2)15-7-4-8-19-15/h9-13,15,17H,3-8H2,1-2H3. The molecule has 0 aromatic carbocycles. The molecule has 1 aromatic heterocycles. The van der Waals surface area contributed by atoms with Crippen LogP contribution in [0.5, 0.6) is 0 Å². The van der Waals surface area contributed by atoms with E-state index in [-0.39, 0.29) is 0 Å². The van der Waals surface area contributed by atoms with Crippen molar-refractivity contribution in [3.8, 4) is 0 Å². The highest BCUT2D eigenvalue weighted by Crippen LogP contribution is 2.30. The first kappa shape index (κ1) is 13.1. The molecule has 2 aliphatic rings. The van der Waals surface area contributed by atoms with Gasteiger partial charge in [-0.3, -0.25) is 0 Å². The van der Waals surface area contributed by atoms with Crippen LogP contribution in [0.15, 0.2) is 12.5 Å². The molecule has 0 aliphatic carbocycles. The van der Waals surface area contributed by atoms with E-state index in [4.69, 9.17) is 4.74 Å². The highest BCUT2D eigenvalue weighted by molar-refractivity contribution is 5.09. The average Bonchev–Trinajstić information content (AvgIpc) is 3.09. The van der Waals surface area contributed by atoms with Gasteiger partial charge in [-0.15, -0.1) is 0 Å². The second-order valence-corrected chi connectivity index (χ2v) is 6.07. The van der Waals surface area contributed by atoms with Gasteiger partial charge in [-0.25, -0.2) is 4.98 Å². The molecule has 0 saturated carbocycles. The van der Waals surface area contributed by atoms with E-state index in [2.05, 4.69) is 28.7 Å². The number of piperidine rings is 1. The molecule has 2 fully saturated rings. The molecule has 2 aliphatic heterocycles. The highest BCUT2D eigenvalue weighted by atomic mass is 16.5. The lowest BCUT2D eigenvalue weighted by Crippen LogP contribution is -2.36. The number of hydrogen-bond acceptors (Lipinski definition) is 3. The molecular weight excluding hydrogens is 238 g/mol. The van der Waals surface area contributed by atoms with Crippen molar-refractivity contribution in [1.29, 1.82) is 0 Å². The van der Waals surface area contributed by atoms with Crippen molar-refractivity contribution in [2.24, 2.45) is 0 Å². The van der Waals surface area contributed by atoms with Gasteiger partial charge >= 0.3 is 0 Å². The van der Waals surface area contributed by atoms with Crippen LogP contribution >= 0.6 is 0 Å². The molecule has 0 radical (unpaired) electrons. The van der Waals surface area contributed by atoms with Crippen molar-refractivity contribution < 1.29 is 4.74 Å². The summed E-state index contributed by atoms with van der Waals surface area (Å²) in [5.41, 5.74) is 1.33. The molecule has 2 saturated heterocycles. The molecule has 106 valence electrons. The fraction of sp³-hybridized carbons (Fsp3) is 0.800. The number of ether oxygens (including phenoxy) is 1. The Morgan fingerprint density at radius 3 is 3.00 bits per heavy atom. The first-order valence-electron chi connectivity index (χ1n) is 7.65. The van der Waals surface area contributed by atoms with E-state index in [9.17, 15) is 0 Å². The van der Waals surface area contributed by atoms with E-state index in [0.29, 0.717) is 24.2 Å². The molecule has 3 heterocycles. The van der Waals surface area contributed by atoms with Crippen LogP contribution in [0.4, 0.5) is 0 Å². The Morgan fingerprint density at radius 2 is 2.26 bits per heavy atom. The van der Waals surface area contributed by atoms with Gasteiger partial charge in [0, 0.05) is 24.9 Å². The maximum atomic E-state index is 5.83. The molecular formula is C15H25N3O. The first-order chi connectivity index (χ1) is 9.25. The summed E-state index contributed by atoms with van der Waals surface area (Å²) in [5, 5.41) is 3.70. The number of rotatable bonds is 3. The van der Waals surface area contributed by atoms with Crippen molar-refractivity contribution in [1.82, 2.24) is 14.9 Å². The number of nitrogens with zero attached hydrogens (tertiary/aromatic N) is 2. The first-order valence-corrected chi connectivity index (χ1v) is 7.65. The molecule has 0 amide bonds. The third-order valence-corrected chi connectivity index (χ3v) is 4.61. The van der Waals surface area contributed by atoms with E-state index in [1.807, 2.05) is 12.5 Å². The normalized spacial score (nSPS) is 33.5. The van der Waals surface area contributed by atoms with Gasteiger partial charge in [-0.05, 0) is 46.0 Å². The summed E-state index contributed by atoms with van der Waals surface area (Å²) in [4.78, 5) is 4.38. The van der Waals surface area contributed by atoms with Crippen molar-refractivity contribution in [3.05, 3.63) is 18.2 Å². The Bertz CT molecular complexity index is 395. The summed E-state index contributed by atoms with van der Waals surface area (Å²) in [6.45, 7) is 5.45. The average molecular weight is 263 g/mol. The third-order valence-electron chi connectivity index (χ3n) is 4.61. The van der Waals surface area contributed by atoms with Crippen molar-refractivity contribution in [3.63, 3.8) is 0 Å². The van der Waals surface area contributed by atoms with Crippen LogP contribution < -0.4 is 5.32 Å². The number of nitrogens with one attached hydrogen (secondary N) is 1. The molecule has 4 heteroatoms. The van der Waals surface area contributed by atoms with Gasteiger partial charge < -0.3 is 14.6 Å². The summed E-state index contributed by atoms with van der Waals surface area (Å²) < 4.78 is 8.16. The Balaban J connectivity index is 1.77. The minimum Gasteiger partial charge on any atom is -0.376 e. The van der Waals surface area contributed by atoms with Crippen LogP contribution in [-0.4, -0.2) is 28.3 Å². The lowest BCUT2D eigenvalue weighted by atomic mass is 9.97. The quantitative estimate of drug-likeness (QED) is 0.911. The zero-order valence-corrected chi connectivity index (χ0v) is 12.0. The molecule has 0 bridgehead atoms. The van der Waals surface area contributed by atoms with Crippen LogP contribution in [0, 0.1) is 0 Å². The minimum atomic E-state index is 0.356. The largest absolute Gasteiger partial charge is 0.376 e. The van der Waals surface area contributed by atoms with E-state index >= 15 is 0 Å². The van der Waals surface area contributed by atoms with Crippen LogP contribution in [0.25, 0.3) is 0 Å². The van der Waals surface area contributed by atoms with E-state index < -0.39 is 0 Å². The molecule has 3 rings (SSSR count). The molecule has 4 unspecified atom stereocenters. The summed E-state index contributed by atoms with van der Waals surface area (Å²) in [7, 11) is 0. The van der Waals surface area contributed by atoms with Crippen LogP contribution in [0.2, 0.25) is 0 Å². The van der Waals surface area contributed by atoms with Crippen LogP contribution in [-0.2, 0) is 4.74 Å². The van der Waals surface area contributed by atoms with Gasteiger partial charge in [0.05, 0.1) is 24.2 Å². The number of hydrogen-bond donors (Lipinski definition) is 1. The van der Waals surface area contributed by atoms with E-state index in [0.717, 1.165) is 6.61 Å². The lowest BCUT2D eigenvalue weighted by Gasteiger charge is -2.31. The van der Waals surface area contributed by atoms with Crippen LogP contribution in [0.1, 0.15) is 63.7 Å². The summed E-state index contributed by atoms with van der Waals surface area (Å²) in [6, 6.07) is 1.45. The van der Waals surface area contributed by atoms with E-state index in [1.165, 1.54) is 37.8 Å². The molecule has 4 atom stereocenters. The maximum Gasteiger partial charge on any atom is 0.0952 e. The lowest BCUT2D eigenvalue weighted by molar-refractivity contribution is 0.0715. The maximum absolute atomic E-state index is 5.83. The summed E-state index contributed by atoms with van der Waals surface area (Å²) in [6.07, 6.45) is 10.5. The van der Waals surface area contributed by atoms with E-state index in [1.54, 1.807) is 0 Å². The van der Waals surface area contributed by atoms with Gasteiger partial charge in [-0.2, -0.15) is 0 Å². The fourth-order valence-electron chi connectivity index (χ4n) is 3.46. The Kier molecular flexibility index (Phi) is 3.89. The molecule has 0 spiro atoms. The predicted octanol–water partition coefficient (Wildman–Crippen LogP) is 2.83. The second kappa shape index (κ2) is 5.63. The fourth-order valence-corrected chi connectivity index (χ4v) is 3.46. The number of aromatic nitrogens is 2.